The van der Waals surface area contributed by atoms with Crippen LogP contribution in [0.4, 0.5) is 0 Å². The number of carbonyl (C=O) groups is 2. The SMILES string of the molecule is COC(=O)CCCS(=O)(=O)N[C@@H](C)C(=O)OC. The molecule has 0 heterocycles. The number of hydrogen-bond donors (Lipinski definition) is 1. The molecule has 0 bridgehead atoms. The van der Waals surface area contributed by atoms with Crippen molar-refractivity contribution in [2.24, 2.45) is 0 Å². The van der Waals surface area contributed by atoms with Crippen molar-refractivity contribution in [1.29, 1.82) is 0 Å². The van der Waals surface area contributed by atoms with Crippen LogP contribution in [-0.4, -0.2) is 46.4 Å². The van der Waals surface area contributed by atoms with E-state index in [0.717, 1.165) is 0 Å². The average Bonchev–Trinajstić information content (AvgIpc) is 2.26. The zero-order valence-electron chi connectivity index (χ0n) is 10.1. The van der Waals surface area contributed by atoms with Crippen molar-refractivity contribution < 1.29 is 27.5 Å². The molecule has 0 aliphatic rings. The van der Waals surface area contributed by atoms with Crippen LogP contribution < -0.4 is 4.72 Å². The summed E-state index contributed by atoms with van der Waals surface area (Å²) >= 11 is 0. The van der Waals surface area contributed by atoms with Gasteiger partial charge in [-0.3, -0.25) is 9.59 Å². The summed E-state index contributed by atoms with van der Waals surface area (Å²) in [6, 6.07) is -0.942. The van der Waals surface area contributed by atoms with Gasteiger partial charge in [0.05, 0.1) is 20.0 Å². The van der Waals surface area contributed by atoms with E-state index < -0.39 is 28.0 Å². The Kier molecular flexibility index (Phi) is 6.74. The van der Waals surface area contributed by atoms with Gasteiger partial charge in [0, 0.05) is 6.42 Å². The molecular weight excluding hydrogens is 250 g/mol. The van der Waals surface area contributed by atoms with Gasteiger partial charge in [0.1, 0.15) is 6.04 Å². The molecule has 0 aromatic heterocycles. The topological polar surface area (TPSA) is 98.8 Å². The Morgan fingerprint density at radius 3 is 2.29 bits per heavy atom. The minimum atomic E-state index is -3.60. The molecule has 0 aromatic rings. The Balaban J connectivity index is 4.13. The predicted octanol–water partition coefficient (Wildman–Crippen LogP) is -0.579. The van der Waals surface area contributed by atoms with Gasteiger partial charge in [0.15, 0.2) is 0 Å². The highest BCUT2D eigenvalue weighted by molar-refractivity contribution is 7.89. The first kappa shape index (κ1) is 15.9. The Bertz CT molecular complexity index is 364. The summed E-state index contributed by atoms with van der Waals surface area (Å²) in [5, 5.41) is 0. The summed E-state index contributed by atoms with van der Waals surface area (Å²) in [5.74, 6) is -1.38. The van der Waals surface area contributed by atoms with Gasteiger partial charge in [0.25, 0.3) is 0 Å². The van der Waals surface area contributed by atoms with Crippen molar-refractivity contribution in [3.05, 3.63) is 0 Å². The van der Waals surface area contributed by atoms with Crippen molar-refractivity contribution in [3.63, 3.8) is 0 Å². The first-order chi connectivity index (χ1) is 7.82. The van der Waals surface area contributed by atoms with Crippen LogP contribution in [0.1, 0.15) is 19.8 Å². The Morgan fingerprint density at radius 1 is 1.24 bits per heavy atom. The molecule has 100 valence electrons. The number of esters is 2. The molecule has 0 saturated carbocycles. The lowest BCUT2D eigenvalue weighted by Crippen LogP contribution is -2.40. The number of ether oxygens (including phenoxy) is 2. The summed E-state index contributed by atoms with van der Waals surface area (Å²) < 4.78 is 33.8. The van der Waals surface area contributed by atoms with E-state index in [1.54, 1.807) is 0 Å². The van der Waals surface area contributed by atoms with E-state index in [-0.39, 0.29) is 18.6 Å². The third-order valence-corrected chi connectivity index (χ3v) is 3.47. The van der Waals surface area contributed by atoms with Crippen LogP contribution in [0.2, 0.25) is 0 Å². The molecule has 1 N–H and O–H groups in total. The predicted molar refractivity (Wildman–Crippen MR) is 59.7 cm³/mol. The first-order valence-corrected chi connectivity index (χ1v) is 6.62. The van der Waals surface area contributed by atoms with Crippen LogP contribution in [0.3, 0.4) is 0 Å². The smallest absolute Gasteiger partial charge is 0.323 e. The van der Waals surface area contributed by atoms with E-state index in [9.17, 15) is 18.0 Å². The van der Waals surface area contributed by atoms with Crippen LogP contribution >= 0.6 is 0 Å². The van der Waals surface area contributed by atoms with E-state index in [1.165, 1.54) is 21.1 Å². The number of hydrogen-bond acceptors (Lipinski definition) is 6. The molecule has 17 heavy (non-hydrogen) atoms. The Labute approximate surface area is 101 Å². The van der Waals surface area contributed by atoms with E-state index in [2.05, 4.69) is 14.2 Å². The quantitative estimate of drug-likeness (QED) is 0.620. The molecule has 0 spiro atoms. The fraction of sp³-hybridized carbons (Fsp3) is 0.778. The molecule has 0 unspecified atom stereocenters. The zero-order valence-corrected chi connectivity index (χ0v) is 10.9. The normalized spacial score (nSPS) is 12.9. The maximum atomic E-state index is 11.5. The van der Waals surface area contributed by atoms with Crippen molar-refractivity contribution in [1.82, 2.24) is 4.72 Å². The Morgan fingerprint density at radius 2 is 1.82 bits per heavy atom. The standard InChI is InChI=1S/C9H17NO6S/c1-7(9(12)16-3)10-17(13,14)6-4-5-8(11)15-2/h7,10H,4-6H2,1-3H3/t7-/m0/s1. The maximum Gasteiger partial charge on any atom is 0.323 e. The molecule has 1 atom stereocenters. The van der Waals surface area contributed by atoms with E-state index in [1.807, 2.05) is 0 Å². The lowest BCUT2D eigenvalue weighted by atomic mass is 10.3. The summed E-state index contributed by atoms with van der Waals surface area (Å²) in [5.41, 5.74) is 0. The minimum Gasteiger partial charge on any atom is -0.469 e. The highest BCUT2D eigenvalue weighted by Crippen LogP contribution is 1.98. The van der Waals surface area contributed by atoms with Gasteiger partial charge in [-0.05, 0) is 13.3 Å². The van der Waals surface area contributed by atoms with Crippen LogP contribution in [0.5, 0.6) is 0 Å². The van der Waals surface area contributed by atoms with Gasteiger partial charge >= 0.3 is 11.9 Å². The molecular formula is C9H17NO6S. The molecule has 0 amide bonds. The highest BCUT2D eigenvalue weighted by Gasteiger charge is 2.20. The molecule has 7 nitrogen and oxygen atoms in total. The molecule has 0 radical (unpaired) electrons. The number of sulfonamides is 1. The average molecular weight is 267 g/mol. The van der Waals surface area contributed by atoms with Crippen LogP contribution in [0, 0.1) is 0 Å². The second-order valence-corrected chi connectivity index (χ2v) is 5.23. The molecule has 0 rings (SSSR count). The maximum absolute atomic E-state index is 11.5. The largest absolute Gasteiger partial charge is 0.469 e. The molecule has 0 fully saturated rings. The number of carbonyl (C=O) groups excluding carboxylic acids is 2. The molecule has 0 aromatic carbocycles. The number of rotatable bonds is 7. The molecule has 8 heteroatoms. The van der Waals surface area contributed by atoms with Crippen LogP contribution in [-0.2, 0) is 29.1 Å². The summed E-state index contributed by atoms with van der Waals surface area (Å²) in [6.45, 7) is 1.38. The summed E-state index contributed by atoms with van der Waals surface area (Å²) in [6.07, 6.45) is 0.153. The van der Waals surface area contributed by atoms with Crippen molar-refractivity contribution in [3.8, 4) is 0 Å². The van der Waals surface area contributed by atoms with Gasteiger partial charge in [0.2, 0.25) is 10.0 Å². The molecule has 0 aliphatic carbocycles. The first-order valence-electron chi connectivity index (χ1n) is 4.97. The second-order valence-electron chi connectivity index (χ2n) is 3.36. The lowest BCUT2D eigenvalue weighted by molar-refractivity contribution is -0.142. The monoisotopic (exact) mass is 267 g/mol. The lowest BCUT2D eigenvalue weighted by Gasteiger charge is -2.11. The molecule has 0 aliphatic heterocycles. The van der Waals surface area contributed by atoms with E-state index >= 15 is 0 Å². The zero-order chi connectivity index (χ0) is 13.5. The summed E-state index contributed by atoms with van der Waals surface area (Å²) in [7, 11) is -1.20. The fourth-order valence-corrected chi connectivity index (χ4v) is 2.34. The van der Waals surface area contributed by atoms with E-state index in [0.29, 0.717) is 0 Å². The van der Waals surface area contributed by atoms with E-state index in [4.69, 9.17) is 0 Å². The van der Waals surface area contributed by atoms with Crippen molar-refractivity contribution in [2.45, 2.75) is 25.8 Å². The third kappa shape index (κ3) is 6.90. The fourth-order valence-electron chi connectivity index (χ4n) is 1.06. The number of nitrogens with one attached hydrogen (secondary N) is 1. The van der Waals surface area contributed by atoms with Gasteiger partial charge in [-0.15, -0.1) is 0 Å². The van der Waals surface area contributed by atoms with Crippen LogP contribution in [0.25, 0.3) is 0 Å². The Hall–Kier alpha value is -1.15. The third-order valence-electron chi connectivity index (χ3n) is 1.93. The second kappa shape index (κ2) is 7.23. The number of methoxy groups -OCH3 is 2. The summed E-state index contributed by atoms with van der Waals surface area (Å²) in [4.78, 5) is 21.8. The van der Waals surface area contributed by atoms with Gasteiger partial charge in [-0.2, -0.15) is 0 Å². The minimum absolute atomic E-state index is 0.0179. The van der Waals surface area contributed by atoms with Gasteiger partial charge in [-0.1, -0.05) is 0 Å². The van der Waals surface area contributed by atoms with Crippen molar-refractivity contribution >= 4 is 22.0 Å². The highest BCUT2D eigenvalue weighted by atomic mass is 32.2. The molecule has 0 saturated heterocycles. The van der Waals surface area contributed by atoms with Crippen molar-refractivity contribution in [2.75, 3.05) is 20.0 Å². The van der Waals surface area contributed by atoms with Gasteiger partial charge < -0.3 is 9.47 Å². The van der Waals surface area contributed by atoms with Crippen LogP contribution in [0.15, 0.2) is 0 Å². The van der Waals surface area contributed by atoms with Gasteiger partial charge in [-0.25, -0.2) is 13.1 Å².